The Kier molecular flexibility index (Phi) is 6.98. The van der Waals surface area contributed by atoms with Gasteiger partial charge in [-0.25, -0.2) is 0 Å². The lowest BCUT2D eigenvalue weighted by atomic mass is 10.1. The van der Waals surface area contributed by atoms with Crippen LogP contribution in [0.2, 0.25) is 0 Å². The molecule has 0 saturated heterocycles. The highest BCUT2D eigenvalue weighted by molar-refractivity contribution is 14.1. The molecule has 0 heterocycles. The smallest absolute Gasteiger partial charge is 0.305 e. The van der Waals surface area contributed by atoms with Gasteiger partial charge in [-0.2, -0.15) is 0 Å². The summed E-state index contributed by atoms with van der Waals surface area (Å²) in [6.07, 6.45) is 0.315. The first-order valence-corrected chi connectivity index (χ1v) is 7.71. The van der Waals surface area contributed by atoms with Crippen LogP contribution in [0.3, 0.4) is 0 Å². The van der Waals surface area contributed by atoms with E-state index in [2.05, 4.69) is 22.6 Å². The van der Waals surface area contributed by atoms with E-state index in [1.54, 1.807) is 4.90 Å². The van der Waals surface area contributed by atoms with Crippen molar-refractivity contribution in [2.24, 2.45) is 5.92 Å². The number of rotatable bonds is 7. The van der Waals surface area contributed by atoms with Crippen LogP contribution < -0.4 is 0 Å². The number of carbonyl (C=O) groups excluding carboxylic acids is 1. The summed E-state index contributed by atoms with van der Waals surface area (Å²) in [5.41, 5.74) is 0.988. The standard InChI is InChI=1S/C15H20INO3/c1-11(2)10-17(8-7-15(19)20)14(18)9-12-5-3-4-6-13(12)16/h3-6,11H,7-10H2,1-2H3,(H,19,20). The summed E-state index contributed by atoms with van der Waals surface area (Å²) >= 11 is 2.21. The molecule has 0 aromatic heterocycles. The highest BCUT2D eigenvalue weighted by atomic mass is 127. The minimum atomic E-state index is -0.874. The van der Waals surface area contributed by atoms with Crippen LogP contribution in [0, 0.1) is 9.49 Å². The Labute approximate surface area is 133 Å². The monoisotopic (exact) mass is 389 g/mol. The Bertz CT molecular complexity index is 474. The van der Waals surface area contributed by atoms with Crippen LogP contribution in [0.25, 0.3) is 0 Å². The van der Waals surface area contributed by atoms with Crippen molar-refractivity contribution in [1.82, 2.24) is 4.90 Å². The van der Waals surface area contributed by atoms with Crippen molar-refractivity contribution in [1.29, 1.82) is 0 Å². The first kappa shape index (κ1) is 16.9. The van der Waals surface area contributed by atoms with Crippen LogP contribution >= 0.6 is 22.6 Å². The normalized spacial score (nSPS) is 10.6. The Morgan fingerprint density at radius 1 is 1.30 bits per heavy atom. The largest absolute Gasteiger partial charge is 0.481 e. The second-order valence-electron chi connectivity index (χ2n) is 5.15. The lowest BCUT2D eigenvalue weighted by molar-refractivity contribution is -0.138. The van der Waals surface area contributed by atoms with Crippen LogP contribution in [0.4, 0.5) is 0 Å². The fraction of sp³-hybridized carbons (Fsp3) is 0.467. The maximum absolute atomic E-state index is 12.3. The van der Waals surface area contributed by atoms with E-state index in [0.29, 0.717) is 18.9 Å². The molecule has 0 aliphatic carbocycles. The van der Waals surface area contributed by atoms with Gasteiger partial charge >= 0.3 is 5.97 Å². The third-order valence-corrected chi connectivity index (χ3v) is 3.89. The molecule has 1 amide bonds. The second kappa shape index (κ2) is 8.24. The van der Waals surface area contributed by atoms with Gasteiger partial charge in [-0.1, -0.05) is 32.0 Å². The summed E-state index contributed by atoms with van der Waals surface area (Å²) in [6.45, 7) is 4.91. The molecule has 1 N–H and O–H groups in total. The lowest BCUT2D eigenvalue weighted by Gasteiger charge is -2.24. The van der Waals surface area contributed by atoms with Crippen molar-refractivity contribution >= 4 is 34.5 Å². The summed E-state index contributed by atoms with van der Waals surface area (Å²) in [7, 11) is 0. The van der Waals surface area contributed by atoms with Gasteiger partial charge in [0.2, 0.25) is 5.91 Å². The van der Waals surface area contributed by atoms with Gasteiger partial charge in [0, 0.05) is 16.7 Å². The summed E-state index contributed by atoms with van der Waals surface area (Å²) in [5.74, 6) is -0.562. The molecule has 0 bridgehead atoms. The van der Waals surface area contributed by atoms with Crippen molar-refractivity contribution in [3.8, 4) is 0 Å². The fourth-order valence-corrected chi connectivity index (χ4v) is 2.48. The fourth-order valence-electron chi connectivity index (χ4n) is 1.91. The summed E-state index contributed by atoms with van der Waals surface area (Å²) in [6, 6.07) is 7.75. The molecule has 0 unspecified atom stereocenters. The third-order valence-electron chi connectivity index (χ3n) is 2.83. The quantitative estimate of drug-likeness (QED) is 0.730. The number of benzene rings is 1. The van der Waals surface area contributed by atoms with Gasteiger partial charge in [0.25, 0.3) is 0 Å². The Hall–Kier alpha value is -1.11. The Balaban J connectivity index is 2.72. The summed E-state index contributed by atoms with van der Waals surface area (Å²) < 4.78 is 1.06. The molecular formula is C15H20INO3. The van der Waals surface area contributed by atoms with E-state index in [1.807, 2.05) is 38.1 Å². The highest BCUT2D eigenvalue weighted by Gasteiger charge is 2.17. The van der Waals surface area contributed by atoms with Crippen molar-refractivity contribution in [3.63, 3.8) is 0 Å². The van der Waals surface area contributed by atoms with Gasteiger partial charge in [0.1, 0.15) is 0 Å². The summed E-state index contributed by atoms with van der Waals surface area (Å²) in [5, 5.41) is 8.77. The minimum absolute atomic E-state index is 0.00958. The van der Waals surface area contributed by atoms with E-state index in [0.717, 1.165) is 9.13 Å². The minimum Gasteiger partial charge on any atom is -0.481 e. The number of carboxylic acids is 1. The third kappa shape index (κ3) is 5.90. The zero-order valence-electron chi connectivity index (χ0n) is 11.8. The molecule has 0 aliphatic heterocycles. The molecule has 20 heavy (non-hydrogen) atoms. The second-order valence-corrected chi connectivity index (χ2v) is 6.31. The number of aliphatic carboxylic acids is 1. The average molecular weight is 389 g/mol. The maximum atomic E-state index is 12.3. The predicted octanol–water partition coefficient (Wildman–Crippen LogP) is 2.79. The van der Waals surface area contributed by atoms with E-state index in [-0.39, 0.29) is 18.9 Å². The first-order chi connectivity index (χ1) is 9.40. The van der Waals surface area contributed by atoms with Crippen LogP contribution in [0.5, 0.6) is 0 Å². The van der Waals surface area contributed by atoms with Crippen LogP contribution in [-0.2, 0) is 16.0 Å². The number of hydrogen-bond donors (Lipinski definition) is 1. The average Bonchev–Trinajstić information content (AvgIpc) is 2.36. The molecule has 0 fully saturated rings. The molecule has 0 aliphatic rings. The molecule has 0 atom stereocenters. The van der Waals surface area contributed by atoms with Gasteiger partial charge in [-0.05, 0) is 40.1 Å². The molecule has 5 heteroatoms. The van der Waals surface area contributed by atoms with E-state index in [4.69, 9.17) is 5.11 Å². The van der Waals surface area contributed by atoms with Gasteiger partial charge in [-0.15, -0.1) is 0 Å². The Morgan fingerprint density at radius 2 is 1.95 bits per heavy atom. The molecular weight excluding hydrogens is 369 g/mol. The molecule has 1 aromatic rings. The SMILES string of the molecule is CC(C)CN(CCC(=O)O)C(=O)Cc1ccccc1I. The number of carbonyl (C=O) groups is 2. The molecule has 1 aromatic carbocycles. The van der Waals surface area contributed by atoms with Crippen LogP contribution in [-0.4, -0.2) is 35.0 Å². The van der Waals surface area contributed by atoms with E-state index in [1.165, 1.54) is 0 Å². The Morgan fingerprint density at radius 3 is 2.50 bits per heavy atom. The maximum Gasteiger partial charge on any atom is 0.305 e. The highest BCUT2D eigenvalue weighted by Crippen LogP contribution is 2.14. The topological polar surface area (TPSA) is 57.6 Å². The molecule has 0 spiro atoms. The molecule has 1 rings (SSSR count). The zero-order valence-corrected chi connectivity index (χ0v) is 14.0. The molecule has 4 nitrogen and oxygen atoms in total. The number of nitrogens with zero attached hydrogens (tertiary/aromatic N) is 1. The summed E-state index contributed by atoms with van der Waals surface area (Å²) in [4.78, 5) is 24.7. The van der Waals surface area contributed by atoms with E-state index in [9.17, 15) is 9.59 Å². The van der Waals surface area contributed by atoms with E-state index >= 15 is 0 Å². The number of carboxylic acid groups (broad SMARTS) is 1. The van der Waals surface area contributed by atoms with Gasteiger partial charge in [0.15, 0.2) is 0 Å². The lowest BCUT2D eigenvalue weighted by Crippen LogP contribution is -2.37. The number of halogens is 1. The van der Waals surface area contributed by atoms with Crippen molar-refractivity contribution in [2.45, 2.75) is 26.7 Å². The van der Waals surface area contributed by atoms with Crippen molar-refractivity contribution in [2.75, 3.05) is 13.1 Å². The first-order valence-electron chi connectivity index (χ1n) is 6.63. The van der Waals surface area contributed by atoms with E-state index < -0.39 is 5.97 Å². The van der Waals surface area contributed by atoms with Crippen LogP contribution in [0.1, 0.15) is 25.8 Å². The number of amides is 1. The molecule has 0 radical (unpaired) electrons. The van der Waals surface area contributed by atoms with Crippen molar-refractivity contribution in [3.05, 3.63) is 33.4 Å². The number of hydrogen-bond acceptors (Lipinski definition) is 2. The van der Waals surface area contributed by atoms with Crippen molar-refractivity contribution < 1.29 is 14.7 Å². The van der Waals surface area contributed by atoms with Gasteiger partial charge in [0.05, 0.1) is 12.8 Å². The van der Waals surface area contributed by atoms with Crippen LogP contribution in [0.15, 0.2) is 24.3 Å². The van der Waals surface area contributed by atoms with Gasteiger partial charge in [-0.3, -0.25) is 9.59 Å². The predicted molar refractivity (Wildman–Crippen MR) is 86.5 cm³/mol. The molecule has 0 saturated carbocycles. The van der Waals surface area contributed by atoms with Gasteiger partial charge < -0.3 is 10.0 Å². The zero-order chi connectivity index (χ0) is 15.1. The molecule has 110 valence electrons.